The van der Waals surface area contributed by atoms with E-state index in [9.17, 15) is 0 Å². The van der Waals surface area contributed by atoms with Crippen molar-refractivity contribution in [2.45, 2.75) is 24.4 Å². The molecule has 4 aromatic rings. The fourth-order valence-electron chi connectivity index (χ4n) is 2.59. The van der Waals surface area contributed by atoms with E-state index in [0.29, 0.717) is 24.1 Å². The van der Waals surface area contributed by atoms with E-state index in [1.54, 1.807) is 0 Å². The first-order valence-corrected chi connectivity index (χ1v) is 9.76. The molecule has 28 heavy (non-hydrogen) atoms. The first-order valence-electron chi connectivity index (χ1n) is 8.78. The van der Waals surface area contributed by atoms with Crippen molar-refractivity contribution >= 4 is 11.8 Å². The van der Waals surface area contributed by atoms with Crippen LogP contribution in [0.25, 0.3) is 11.5 Å². The minimum Gasteiger partial charge on any atom is -0.485 e. The second kappa shape index (κ2) is 8.26. The van der Waals surface area contributed by atoms with Crippen LogP contribution >= 0.6 is 11.8 Å². The van der Waals surface area contributed by atoms with Gasteiger partial charge in [-0.25, -0.2) is 0 Å². The fourth-order valence-corrected chi connectivity index (χ4v) is 3.36. The highest BCUT2D eigenvalue weighted by Crippen LogP contribution is 2.24. The van der Waals surface area contributed by atoms with E-state index in [0.717, 1.165) is 27.9 Å². The molecule has 0 N–H and O–H groups in total. The monoisotopic (exact) mass is 393 g/mol. The first-order chi connectivity index (χ1) is 13.7. The quantitative estimate of drug-likeness (QED) is 0.438. The summed E-state index contributed by atoms with van der Waals surface area (Å²) in [4.78, 5) is 0. The van der Waals surface area contributed by atoms with Gasteiger partial charge in [0.2, 0.25) is 11.8 Å². The van der Waals surface area contributed by atoms with Crippen molar-refractivity contribution in [3.8, 4) is 17.2 Å². The maximum Gasteiger partial charge on any atom is 0.247 e. The molecule has 142 valence electrons. The van der Waals surface area contributed by atoms with E-state index in [2.05, 4.69) is 20.4 Å². The van der Waals surface area contributed by atoms with E-state index in [1.165, 1.54) is 11.8 Å². The van der Waals surface area contributed by atoms with Crippen molar-refractivity contribution in [2.75, 3.05) is 0 Å². The lowest BCUT2D eigenvalue weighted by Crippen LogP contribution is -2.04. The molecular weight excluding hydrogens is 374 g/mol. The van der Waals surface area contributed by atoms with E-state index in [1.807, 2.05) is 73.1 Å². The van der Waals surface area contributed by atoms with Gasteiger partial charge in [0.05, 0.1) is 5.75 Å². The van der Waals surface area contributed by atoms with Crippen LogP contribution in [0.1, 0.15) is 17.3 Å². The van der Waals surface area contributed by atoms with E-state index in [-0.39, 0.29) is 0 Å². The summed E-state index contributed by atoms with van der Waals surface area (Å²) < 4.78 is 13.5. The molecule has 2 aromatic heterocycles. The predicted molar refractivity (Wildman–Crippen MR) is 106 cm³/mol. The number of nitrogens with zero attached hydrogens (tertiary/aromatic N) is 5. The number of rotatable bonds is 7. The molecule has 8 heteroatoms. The van der Waals surface area contributed by atoms with Gasteiger partial charge in [-0.2, -0.15) is 0 Å². The molecule has 0 amide bonds. The minimum atomic E-state index is 0.355. The number of hydrogen-bond acceptors (Lipinski definition) is 7. The Kier molecular flexibility index (Phi) is 5.38. The minimum absolute atomic E-state index is 0.355. The highest BCUT2D eigenvalue weighted by Gasteiger charge is 2.13. The molecule has 0 aliphatic heterocycles. The summed E-state index contributed by atoms with van der Waals surface area (Å²) in [5.41, 5.74) is 1.99. The lowest BCUT2D eigenvalue weighted by atomic mass is 10.2. The van der Waals surface area contributed by atoms with Gasteiger partial charge >= 0.3 is 0 Å². The number of aryl methyl sites for hydroxylation is 1. The van der Waals surface area contributed by atoms with E-state index >= 15 is 0 Å². The Morgan fingerprint density at radius 2 is 1.75 bits per heavy atom. The van der Waals surface area contributed by atoms with Crippen molar-refractivity contribution in [3.63, 3.8) is 0 Å². The molecule has 0 atom stereocenters. The van der Waals surface area contributed by atoms with Gasteiger partial charge in [0.15, 0.2) is 11.0 Å². The number of hydrogen-bond donors (Lipinski definition) is 0. The maximum absolute atomic E-state index is 5.86. The molecule has 0 aliphatic rings. The summed E-state index contributed by atoms with van der Waals surface area (Å²) in [7, 11) is 1.92. The van der Waals surface area contributed by atoms with Crippen molar-refractivity contribution in [3.05, 3.63) is 71.9 Å². The highest BCUT2D eigenvalue weighted by molar-refractivity contribution is 7.98. The Hall–Kier alpha value is -3.13. The van der Waals surface area contributed by atoms with Gasteiger partial charge in [-0.3, -0.25) is 0 Å². The Balaban J connectivity index is 1.37. The molecule has 4 rings (SSSR count). The summed E-state index contributed by atoms with van der Waals surface area (Å²) in [5.74, 6) is 3.18. The van der Waals surface area contributed by atoms with Gasteiger partial charge in [-0.1, -0.05) is 48.2 Å². The third-order valence-corrected chi connectivity index (χ3v) is 5.19. The molecule has 0 saturated carbocycles. The van der Waals surface area contributed by atoms with Crippen LogP contribution in [0.4, 0.5) is 0 Å². The van der Waals surface area contributed by atoms with Gasteiger partial charge < -0.3 is 13.7 Å². The SMILES string of the molecule is Cc1ccccc1OCc1nnc(SCc2nnc(-c3ccccc3)o2)n1C. The average molecular weight is 393 g/mol. The smallest absolute Gasteiger partial charge is 0.247 e. The molecule has 0 spiro atoms. The molecule has 0 unspecified atom stereocenters. The predicted octanol–water partition coefficient (Wildman–Crippen LogP) is 4.04. The Bertz CT molecular complexity index is 1060. The Morgan fingerprint density at radius 1 is 0.964 bits per heavy atom. The largest absolute Gasteiger partial charge is 0.485 e. The van der Waals surface area contributed by atoms with Crippen molar-refractivity contribution in [1.82, 2.24) is 25.0 Å². The number of ether oxygens (including phenoxy) is 1. The van der Waals surface area contributed by atoms with Crippen LogP contribution in [0.5, 0.6) is 5.75 Å². The van der Waals surface area contributed by atoms with Crippen LogP contribution in [0.15, 0.2) is 64.2 Å². The van der Waals surface area contributed by atoms with Gasteiger partial charge in [-0.05, 0) is 30.7 Å². The third kappa shape index (κ3) is 4.07. The first kappa shape index (κ1) is 18.2. The number of thioether (sulfide) groups is 1. The molecule has 0 saturated heterocycles. The van der Waals surface area contributed by atoms with Crippen LogP contribution < -0.4 is 4.74 Å². The van der Waals surface area contributed by atoms with Crippen LogP contribution in [-0.2, 0) is 19.4 Å². The van der Waals surface area contributed by atoms with Crippen LogP contribution in [0.2, 0.25) is 0 Å². The molecular formula is C20H19N5O2S. The second-order valence-corrected chi connectivity index (χ2v) is 7.11. The maximum atomic E-state index is 5.86. The molecule has 2 heterocycles. The zero-order valence-electron chi connectivity index (χ0n) is 15.6. The summed E-state index contributed by atoms with van der Waals surface area (Å²) in [6.07, 6.45) is 0. The molecule has 0 aliphatic carbocycles. The van der Waals surface area contributed by atoms with E-state index < -0.39 is 0 Å². The standard InChI is InChI=1S/C20H19N5O2S/c1-14-8-6-7-11-16(14)26-12-17-21-24-20(25(17)2)28-13-18-22-23-19(27-18)15-9-4-3-5-10-15/h3-11H,12-13H2,1-2H3. The van der Waals surface area contributed by atoms with Crippen LogP contribution in [0, 0.1) is 6.92 Å². The van der Waals surface area contributed by atoms with Gasteiger partial charge in [0.1, 0.15) is 12.4 Å². The van der Waals surface area contributed by atoms with Crippen molar-refractivity contribution < 1.29 is 9.15 Å². The second-order valence-electron chi connectivity index (χ2n) is 6.17. The zero-order chi connectivity index (χ0) is 19.3. The summed E-state index contributed by atoms with van der Waals surface area (Å²) in [6.45, 7) is 2.37. The third-order valence-electron chi connectivity index (χ3n) is 4.19. The summed E-state index contributed by atoms with van der Waals surface area (Å²) in [5, 5.41) is 17.4. The zero-order valence-corrected chi connectivity index (χ0v) is 16.4. The fraction of sp³-hybridized carbons (Fsp3) is 0.200. The molecule has 2 aromatic carbocycles. The van der Waals surface area contributed by atoms with Crippen LogP contribution in [-0.4, -0.2) is 25.0 Å². The van der Waals surface area contributed by atoms with Crippen LogP contribution in [0.3, 0.4) is 0 Å². The normalized spacial score (nSPS) is 10.9. The van der Waals surface area contributed by atoms with Gasteiger partial charge in [0.25, 0.3) is 0 Å². The van der Waals surface area contributed by atoms with E-state index in [4.69, 9.17) is 9.15 Å². The lowest BCUT2D eigenvalue weighted by molar-refractivity contribution is 0.288. The number of aromatic nitrogens is 5. The molecule has 7 nitrogen and oxygen atoms in total. The van der Waals surface area contributed by atoms with Gasteiger partial charge in [-0.15, -0.1) is 20.4 Å². The van der Waals surface area contributed by atoms with Crippen molar-refractivity contribution in [2.24, 2.45) is 7.05 Å². The lowest BCUT2D eigenvalue weighted by Gasteiger charge is -2.08. The molecule has 0 bridgehead atoms. The Labute approximate surface area is 166 Å². The average Bonchev–Trinajstić information content (AvgIpc) is 3.33. The molecule has 0 radical (unpaired) electrons. The topological polar surface area (TPSA) is 78.9 Å². The number of benzene rings is 2. The Morgan fingerprint density at radius 3 is 2.57 bits per heavy atom. The summed E-state index contributed by atoms with van der Waals surface area (Å²) in [6, 6.07) is 17.6. The number of para-hydroxylation sites is 1. The van der Waals surface area contributed by atoms with Crippen molar-refractivity contribution in [1.29, 1.82) is 0 Å². The highest BCUT2D eigenvalue weighted by atomic mass is 32.2. The van der Waals surface area contributed by atoms with Gasteiger partial charge in [0, 0.05) is 12.6 Å². The molecule has 0 fully saturated rings. The summed E-state index contributed by atoms with van der Waals surface area (Å²) >= 11 is 1.49.